The molecule has 9 nitrogen and oxygen atoms in total. The van der Waals surface area contributed by atoms with Crippen molar-refractivity contribution in [3.8, 4) is 11.8 Å². The van der Waals surface area contributed by atoms with Crippen LogP contribution >= 0.6 is 11.3 Å². The molecular weight excluding hydrogens is 450 g/mol. The van der Waals surface area contributed by atoms with Crippen LogP contribution in [0.4, 0.5) is 11.5 Å². The Bertz CT molecular complexity index is 1450. The lowest BCUT2D eigenvalue weighted by atomic mass is 9.85. The number of nitrogens with zero attached hydrogens (tertiary/aromatic N) is 5. The first-order valence-corrected chi connectivity index (χ1v) is 12.3. The fraction of sp³-hybridized carbons (Fsp3) is 0.375. The van der Waals surface area contributed by atoms with Crippen molar-refractivity contribution in [3.05, 3.63) is 35.1 Å². The molecule has 1 amide bonds. The van der Waals surface area contributed by atoms with Gasteiger partial charge in [0.2, 0.25) is 5.91 Å². The van der Waals surface area contributed by atoms with E-state index in [2.05, 4.69) is 31.6 Å². The second-order valence-electron chi connectivity index (χ2n) is 8.78. The van der Waals surface area contributed by atoms with E-state index in [1.807, 2.05) is 24.0 Å². The molecule has 1 saturated heterocycles. The molecule has 34 heavy (non-hydrogen) atoms. The van der Waals surface area contributed by atoms with Crippen LogP contribution < -0.4 is 10.1 Å². The summed E-state index contributed by atoms with van der Waals surface area (Å²) in [5.41, 5.74) is 2.96. The van der Waals surface area contributed by atoms with E-state index >= 15 is 0 Å². The van der Waals surface area contributed by atoms with E-state index in [9.17, 15) is 4.79 Å². The third-order valence-electron chi connectivity index (χ3n) is 6.66. The molecule has 1 fully saturated rings. The minimum absolute atomic E-state index is 0.0146. The van der Waals surface area contributed by atoms with Gasteiger partial charge in [-0.2, -0.15) is 10.4 Å². The zero-order valence-electron chi connectivity index (χ0n) is 18.7. The Morgan fingerprint density at radius 1 is 1.38 bits per heavy atom. The normalized spacial score (nSPS) is 17.9. The van der Waals surface area contributed by atoms with Crippen LogP contribution in [0.25, 0.3) is 21.1 Å². The van der Waals surface area contributed by atoms with Crippen molar-refractivity contribution in [2.75, 3.05) is 25.0 Å². The number of fused-ring (bicyclic) bond motifs is 4. The molecule has 4 heterocycles. The van der Waals surface area contributed by atoms with E-state index < -0.39 is 0 Å². The molecule has 1 aromatic carbocycles. The summed E-state index contributed by atoms with van der Waals surface area (Å²) >= 11 is 1.65. The van der Waals surface area contributed by atoms with Gasteiger partial charge in [0.05, 0.1) is 41.4 Å². The summed E-state index contributed by atoms with van der Waals surface area (Å²) < 4.78 is 5.87. The summed E-state index contributed by atoms with van der Waals surface area (Å²) in [6.07, 6.45) is 5.68. The average Bonchev–Trinajstić information content (AvgIpc) is 3.42. The fourth-order valence-electron chi connectivity index (χ4n) is 4.89. The monoisotopic (exact) mass is 473 g/mol. The third kappa shape index (κ3) is 3.44. The number of carbonyl (C=O) groups excluding carboxylic acids is 1. The number of nitrogens with one attached hydrogen (secondary N) is 2. The summed E-state index contributed by atoms with van der Waals surface area (Å²) in [4.78, 5) is 26.0. The lowest BCUT2D eigenvalue weighted by molar-refractivity contribution is -0.141. The standard InChI is InChI=1S/C24H23N7O2S/c1-2-33-19-7-17-15(9-28-30-17)5-18(19)29-22-21-16-4-3-14(24(32)31-10-13(8-25)11-31)6-20(16)34-23(21)27-12-26-22/h5,7,9,12-14H,2-4,6,10-11H2,1H3,(H,28,30)(H,26,27,29). The Kier molecular flexibility index (Phi) is 5.07. The predicted molar refractivity (Wildman–Crippen MR) is 129 cm³/mol. The zero-order chi connectivity index (χ0) is 23.2. The number of hydrogen-bond acceptors (Lipinski definition) is 8. The van der Waals surface area contributed by atoms with Crippen molar-refractivity contribution >= 4 is 49.9 Å². The van der Waals surface area contributed by atoms with Gasteiger partial charge < -0.3 is 15.0 Å². The quantitative estimate of drug-likeness (QED) is 0.452. The maximum Gasteiger partial charge on any atom is 0.226 e. The van der Waals surface area contributed by atoms with E-state index in [1.54, 1.807) is 23.9 Å². The number of carbonyl (C=O) groups is 1. The molecule has 0 spiro atoms. The summed E-state index contributed by atoms with van der Waals surface area (Å²) in [6, 6.07) is 6.19. The largest absolute Gasteiger partial charge is 0.492 e. The Morgan fingerprint density at radius 2 is 2.26 bits per heavy atom. The molecule has 0 bridgehead atoms. The van der Waals surface area contributed by atoms with E-state index in [0.29, 0.717) is 26.1 Å². The molecule has 3 aromatic heterocycles. The van der Waals surface area contributed by atoms with Crippen molar-refractivity contribution in [2.45, 2.75) is 26.2 Å². The van der Waals surface area contributed by atoms with E-state index in [4.69, 9.17) is 10.00 Å². The van der Waals surface area contributed by atoms with Gasteiger partial charge in [0.25, 0.3) is 0 Å². The van der Waals surface area contributed by atoms with Gasteiger partial charge in [-0.05, 0) is 37.8 Å². The van der Waals surface area contributed by atoms with Crippen LogP contribution in [0.2, 0.25) is 0 Å². The second kappa shape index (κ2) is 8.25. The predicted octanol–water partition coefficient (Wildman–Crippen LogP) is 3.80. The van der Waals surface area contributed by atoms with Crippen LogP contribution in [-0.4, -0.2) is 50.7 Å². The Hall–Kier alpha value is -3.71. The Balaban J connectivity index is 1.31. The van der Waals surface area contributed by atoms with Crippen LogP contribution in [0.5, 0.6) is 5.75 Å². The summed E-state index contributed by atoms with van der Waals surface area (Å²) in [7, 11) is 0. The smallest absolute Gasteiger partial charge is 0.226 e. The highest BCUT2D eigenvalue weighted by molar-refractivity contribution is 7.19. The van der Waals surface area contributed by atoms with Crippen LogP contribution in [0.1, 0.15) is 23.8 Å². The van der Waals surface area contributed by atoms with E-state index in [1.165, 1.54) is 10.4 Å². The molecule has 6 rings (SSSR count). The molecule has 1 aliphatic carbocycles. The van der Waals surface area contributed by atoms with Gasteiger partial charge >= 0.3 is 0 Å². The van der Waals surface area contributed by atoms with Gasteiger partial charge in [-0.15, -0.1) is 11.3 Å². The Morgan fingerprint density at radius 3 is 3.09 bits per heavy atom. The van der Waals surface area contributed by atoms with Gasteiger partial charge in [-0.25, -0.2) is 9.97 Å². The lowest BCUT2D eigenvalue weighted by Crippen LogP contribution is -2.52. The number of anilines is 2. The first-order chi connectivity index (χ1) is 16.6. The number of amides is 1. The molecule has 172 valence electrons. The number of ether oxygens (including phenoxy) is 1. The molecule has 1 unspecified atom stereocenters. The van der Waals surface area contributed by atoms with Crippen molar-refractivity contribution in [1.82, 2.24) is 25.1 Å². The molecule has 2 N–H and O–H groups in total. The SMILES string of the molecule is CCOc1cc2[nH]ncc2cc1Nc1ncnc2sc3c(c12)CCC(C(=O)N1CC(C#N)C1)C3. The number of hydrogen-bond donors (Lipinski definition) is 2. The molecular formula is C24H23N7O2S. The van der Waals surface area contributed by atoms with E-state index in [0.717, 1.165) is 51.2 Å². The van der Waals surface area contributed by atoms with Gasteiger partial charge in [0.15, 0.2) is 0 Å². The molecule has 10 heteroatoms. The zero-order valence-corrected chi connectivity index (χ0v) is 19.5. The van der Waals surface area contributed by atoms with Crippen LogP contribution in [0, 0.1) is 23.2 Å². The number of rotatable bonds is 5. The van der Waals surface area contributed by atoms with Crippen molar-refractivity contribution in [1.29, 1.82) is 5.26 Å². The van der Waals surface area contributed by atoms with Crippen molar-refractivity contribution in [2.24, 2.45) is 11.8 Å². The van der Waals surface area contributed by atoms with Crippen LogP contribution in [0.3, 0.4) is 0 Å². The van der Waals surface area contributed by atoms with Gasteiger partial charge in [-0.1, -0.05) is 0 Å². The van der Waals surface area contributed by atoms with Crippen LogP contribution in [0.15, 0.2) is 24.7 Å². The number of nitriles is 1. The average molecular weight is 474 g/mol. The van der Waals surface area contributed by atoms with E-state index in [-0.39, 0.29) is 17.7 Å². The number of aromatic amines is 1. The molecule has 1 aliphatic heterocycles. The fourth-order valence-corrected chi connectivity index (χ4v) is 6.15. The molecule has 4 aromatic rings. The molecule has 0 saturated carbocycles. The van der Waals surface area contributed by atoms with Crippen molar-refractivity contribution in [3.63, 3.8) is 0 Å². The van der Waals surface area contributed by atoms with Crippen LogP contribution in [-0.2, 0) is 17.6 Å². The number of H-pyrrole nitrogens is 1. The third-order valence-corrected chi connectivity index (χ3v) is 7.83. The number of benzene rings is 1. The number of thiophene rings is 1. The first kappa shape index (κ1) is 20.9. The summed E-state index contributed by atoms with van der Waals surface area (Å²) in [5.74, 6) is 1.60. The van der Waals surface area contributed by atoms with Crippen molar-refractivity contribution < 1.29 is 9.53 Å². The van der Waals surface area contributed by atoms with Gasteiger partial charge in [0, 0.05) is 35.3 Å². The lowest BCUT2D eigenvalue weighted by Gasteiger charge is -2.38. The minimum Gasteiger partial charge on any atom is -0.492 e. The highest BCUT2D eigenvalue weighted by Gasteiger charge is 2.37. The number of aryl methyl sites for hydroxylation is 1. The molecule has 0 radical (unpaired) electrons. The number of aromatic nitrogens is 4. The maximum atomic E-state index is 12.9. The van der Waals surface area contributed by atoms with Gasteiger partial charge in [0.1, 0.15) is 22.7 Å². The van der Waals surface area contributed by atoms with Gasteiger partial charge in [-0.3, -0.25) is 9.89 Å². The topological polar surface area (TPSA) is 120 Å². The second-order valence-corrected chi connectivity index (χ2v) is 9.86. The Labute approximate surface area is 199 Å². The highest BCUT2D eigenvalue weighted by Crippen LogP contribution is 2.42. The molecule has 1 atom stereocenters. The number of likely N-dealkylation sites (tertiary alicyclic amines) is 1. The minimum atomic E-state index is -0.0300. The first-order valence-electron chi connectivity index (χ1n) is 11.4. The molecule has 2 aliphatic rings. The summed E-state index contributed by atoms with van der Waals surface area (Å²) in [6.45, 7) is 3.63. The highest BCUT2D eigenvalue weighted by atomic mass is 32.1. The maximum absolute atomic E-state index is 12.9. The summed E-state index contributed by atoms with van der Waals surface area (Å²) in [5, 5.41) is 21.6.